The largest absolute Gasteiger partial charge is 0.390 e. The van der Waals surface area contributed by atoms with Crippen LogP contribution >= 0.6 is 0 Å². The molecule has 0 bridgehead atoms. The van der Waals surface area contributed by atoms with E-state index >= 15 is 0 Å². The van der Waals surface area contributed by atoms with Crippen molar-refractivity contribution in [1.82, 2.24) is 0 Å². The van der Waals surface area contributed by atoms with E-state index in [-0.39, 0.29) is 17.1 Å². The Kier molecular flexibility index (Phi) is 5.48. The van der Waals surface area contributed by atoms with Gasteiger partial charge in [0.25, 0.3) is 0 Å². The van der Waals surface area contributed by atoms with E-state index in [1.54, 1.807) is 0 Å². The van der Waals surface area contributed by atoms with Crippen molar-refractivity contribution in [2.24, 2.45) is 10.8 Å². The van der Waals surface area contributed by atoms with E-state index in [9.17, 15) is 5.11 Å². The zero-order chi connectivity index (χ0) is 14.7. The van der Waals surface area contributed by atoms with Gasteiger partial charge in [-0.3, -0.25) is 0 Å². The Hall–Kier alpha value is -0.0800. The molecule has 0 aromatic carbocycles. The average Bonchev–Trinajstić information content (AvgIpc) is 2.28. The first-order valence-electron chi connectivity index (χ1n) is 7.92. The van der Waals surface area contributed by atoms with Crippen molar-refractivity contribution in [3.8, 4) is 0 Å². The lowest BCUT2D eigenvalue weighted by Crippen LogP contribution is -2.49. The van der Waals surface area contributed by atoms with Crippen LogP contribution in [0.3, 0.4) is 0 Å². The first-order valence-corrected chi connectivity index (χ1v) is 7.92. The molecular formula is C17H34O2. The molecule has 1 saturated carbocycles. The van der Waals surface area contributed by atoms with Crippen LogP contribution in [-0.2, 0) is 4.74 Å². The second-order valence-electron chi connectivity index (χ2n) is 8.28. The van der Waals surface area contributed by atoms with Crippen LogP contribution in [0.5, 0.6) is 0 Å². The van der Waals surface area contributed by atoms with Gasteiger partial charge >= 0.3 is 0 Å². The zero-order valence-corrected chi connectivity index (χ0v) is 13.9. The predicted octanol–water partition coefficient (Wildman–Crippen LogP) is 4.55. The summed E-state index contributed by atoms with van der Waals surface area (Å²) in [5.74, 6) is 0. The molecule has 0 amide bonds. The van der Waals surface area contributed by atoms with Crippen LogP contribution in [0, 0.1) is 10.8 Å². The summed E-state index contributed by atoms with van der Waals surface area (Å²) in [4.78, 5) is 0. The third kappa shape index (κ3) is 5.07. The maximum atomic E-state index is 10.7. The molecular weight excluding hydrogens is 236 g/mol. The van der Waals surface area contributed by atoms with Gasteiger partial charge in [-0.2, -0.15) is 0 Å². The molecule has 1 aliphatic carbocycles. The minimum atomic E-state index is -0.317. The van der Waals surface area contributed by atoms with Gasteiger partial charge in [0.05, 0.1) is 11.7 Å². The highest BCUT2D eigenvalue weighted by molar-refractivity contribution is 4.95. The first-order chi connectivity index (χ1) is 8.60. The maximum Gasteiger partial charge on any atom is 0.0940 e. The van der Waals surface area contributed by atoms with E-state index in [0.29, 0.717) is 12.0 Å². The third-order valence-electron chi connectivity index (χ3n) is 4.66. The van der Waals surface area contributed by atoms with Gasteiger partial charge in [-0.05, 0) is 56.3 Å². The fourth-order valence-electron chi connectivity index (χ4n) is 3.04. The minimum absolute atomic E-state index is 0.280. The normalized spacial score (nSPS) is 24.2. The minimum Gasteiger partial charge on any atom is -0.390 e. The lowest BCUT2D eigenvalue weighted by atomic mass is 9.68. The second-order valence-corrected chi connectivity index (χ2v) is 8.28. The van der Waals surface area contributed by atoms with Crippen LogP contribution in [0.25, 0.3) is 0 Å². The fourth-order valence-corrected chi connectivity index (χ4v) is 3.04. The quantitative estimate of drug-likeness (QED) is 0.794. The second kappa shape index (κ2) is 6.13. The molecule has 1 N–H and O–H groups in total. The molecule has 0 spiro atoms. The summed E-state index contributed by atoms with van der Waals surface area (Å²) in [6.45, 7) is 14.1. The number of ether oxygens (including phenoxy) is 1. The van der Waals surface area contributed by atoms with Crippen molar-refractivity contribution in [2.45, 2.75) is 91.8 Å². The molecule has 2 nitrogen and oxygen atoms in total. The lowest BCUT2D eigenvalue weighted by Gasteiger charge is -2.46. The fraction of sp³-hybridized carbons (Fsp3) is 1.00. The van der Waals surface area contributed by atoms with Crippen molar-refractivity contribution in [3.63, 3.8) is 0 Å². The summed E-state index contributed by atoms with van der Waals surface area (Å²) in [6, 6.07) is 0. The van der Waals surface area contributed by atoms with Gasteiger partial charge in [0, 0.05) is 6.61 Å². The number of hydrogen-bond donors (Lipinski definition) is 1. The van der Waals surface area contributed by atoms with Gasteiger partial charge in [-0.15, -0.1) is 0 Å². The van der Waals surface area contributed by atoms with Gasteiger partial charge in [-0.1, -0.05) is 34.6 Å². The molecule has 0 aromatic rings. The van der Waals surface area contributed by atoms with Crippen LogP contribution in [0.15, 0.2) is 0 Å². The number of aliphatic hydroxyl groups is 1. The van der Waals surface area contributed by atoms with Crippen LogP contribution in [-0.4, -0.2) is 23.4 Å². The molecule has 0 heterocycles. The van der Waals surface area contributed by atoms with E-state index < -0.39 is 0 Å². The van der Waals surface area contributed by atoms with Crippen LogP contribution in [0.4, 0.5) is 0 Å². The molecule has 0 radical (unpaired) electrons. The van der Waals surface area contributed by atoms with Gasteiger partial charge in [0.1, 0.15) is 0 Å². The Morgan fingerprint density at radius 1 is 1.11 bits per heavy atom. The third-order valence-corrected chi connectivity index (χ3v) is 4.66. The van der Waals surface area contributed by atoms with E-state index in [0.717, 1.165) is 38.5 Å². The Bertz CT molecular complexity index is 265. The standard InChI is InChI=1S/C17H34O2/c1-7-19-17(12-10-16(5,6)11-13-17)14(18)8-9-15(2,3)4/h14,18H,7-13H2,1-6H3. The van der Waals surface area contributed by atoms with Gasteiger partial charge in [0.15, 0.2) is 0 Å². The Morgan fingerprint density at radius 2 is 1.63 bits per heavy atom. The van der Waals surface area contributed by atoms with E-state index in [1.165, 1.54) is 0 Å². The topological polar surface area (TPSA) is 29.5 Å². The predicted molar refractivity (Wildman–Crippen MR) is 81.3 cm³/mol. The maximum absolute atomic E-state index is 10.7. The van der Waals surface area contributed by atoms with Gasteiger partial charge < -0.3 is 9.84 Å². The Balaban J connectivity index is 2.66. The molecule has 1 unspecified atom stereocenters. The van der Waals surface area contributed by atoms with Crippen LogP contribution in [0.1, 0.15) is 80.1 Å². The summed E-state index contributed by atoms with van der Waals surface area (Å²) in [5, 5.41) is 10.7. The van der Waals surface area contributed by atoms with Crippen molar-refractivity contribution in [1.29, 1.82) is 0 Å². The van der Waals surface area contributed by atoms with Gasteiger partial charge in [-0.25, -0.2) is 0 Å². The Labute approximate surface area is 119 Å². The summed E-state index contributed by atoms with van der Waals surface area (Å²) >= 11 is 0. The summed E-state index contributed by atoms with van der Waals surface area (Å²) in [7, 11) is 0. The highest BCUT2D eigenvalue weighted by atomic mass is 16.5. The monoisotopic (exact) mass is 270 g/mol. The van der Waals surface area contributed by atoms with Crippen molar-refractivity contribution < 1.29 is 9.84 Å². The Morgan fingerprint density at radius 3 is 2.05 bits per heavy atom. The summed E-state index contributed by atoms with van der Waals surface area (Å²) in [5.41, 5.74) is 0.405. The van der Waals surface area contributed by atoms with Crippen molar-refractivity contribution in [3.05, 3.63) is 0 Å². The van der Waals surface area contributed by atoms with E-state index in [4.69, 9.17) is 4.74 Å². The number of rotatable bonds is 5. The van der Waals surface area contributed by atoms with Crippen molar-refractivity contribution in [2.75, 3.05) is 6.61 Å². The average molecular weight is 270 g/mol. The molecule has 19 heavy (non-hydrogen) atoms. The zero-order valence-electron chi connectivity index (χ0n) is 13.9. The first kappa shape index (κ1) is 17.0. The van der Waals surface area contributed by atoms with E-state index in [1.807, 2.05) is 6.92 Å². The molecule has 1 atom stereocenters. The van der Waals surface area contributed by atoms with E-state index in [2.05, 4.69) is 34.6 Å². The highest BCUT2D eigenvalue weighted by Crippen LogP contribution is 2.44. The highest BCUT2D eigenvalue weighted by Gasteiger charge is 2.44. The number of hydrogen-bond acceptors (Lipinski definition) is 2. The SMILES string of the molecule is CCOC1(C(O)CCC(C)(C)C)CCC(C)(C)CC1. The number of aliphatic hydroxyl groups excluding tert-OH is 1. The van der Waals surface area contributed by atoms with Crippen molar-refractivity contribution >= 4 is 0 Å². The lowest BCUT2D eigenvalue weighted by molar-refractivity contribution is -0.154. The molecule has 0 saturated heterocycles. The molecule has 1 rings (SSSR count). The summed E-state index contributed by atoms with van der Waals surface area (Å²) < 4.78 is 6.04. The molecule has 1 fully saturated rings. The summed E-state index contributed by atoms with van der Waals surface area (Å²) in [6.07, 6.45) is 5.89. The van der Waals surface area contributed by atoms with Gasteiger partial charge in [0.2, 0.25) is 0 Å². The molecule has 1 aliphatic rings. The van der Waals surface area contributed by atoms with Crippen LogP contribution < -0.4 is 0 Å². The molecule has 2 heteroatoms. The smallest absolute Gasteiger partial charge is 0.0940 e. The molecule has 114 valence electrons. The van der Waals surface area contributed by atoms with Crippen LogP contribution in [0.2, 0.25) is 0 Å². The molecule has 0 aliphatic heterocycles. The molecule has 0 aromatic heterocycles.